The summed E-state index contributed by atoms with van der Waals surface area (Å²) in [5.74, 6) is 1.25. The summed E-state index contributed by atoms with van der Waals surface area (Å²) in [6.07, 6.45) is 5.16. The van der Waals surface area contributed by atoms with Crippen molar-refractivity contribution in [2.75, 3.05) is 13.1 Å². The van der Waals surface area contributed by atoms with E-state index in [2.05, 4.69) is 36.5 Å². The predicted octanol–water partition coefficient (Wildman–Crippen LogP) is 2.81. The molecule has 0 saturated heterocycles. The summed E-state index contributed by atoms with van der Waals surface area (Å²) in [5.41, 5.74) is 2.99. The van der Waals surface area contributed by atoms with Gasteiger partial charge in [-0.3, -0.25) is 4.99 Å². The number of aliphatic imine (C=N–C) groups is 1. The number of hydrogen-bond donors (Lipinski definition) is 1. The molecule has 1 saturated carbocycles. The van der Waals surface area contributed by atoms with Gasteiger partial charge in [0.1, 0.15) is 5.84 Å². The molecule has 90 valence electrons. The van der Waals surface area contributed by atoms with Crippen molar-refractivity contribution >= 4 is 5.84 Å². The summed E-state index contributed by atoms with van der Waals surface area (Å²) in [6.45, 7) is 4.11. The predicted molar refractivity (Wildman–Crippen MR) is 71.6 cm³/mol. The van der Waals surface area contributed by atoms with Gasteiger partial charge in [0.2, 0.25) is 0 Å². The molecule has 1 aliphatic carbocycles. The van der Waals surface area contributed by atoms with E-state index in [1.165, 1.54) is 42.6 Å². The van der Waals surface area contributed by atoms with Crippen LogP contribution in [0.15, 0.2) is 29.3 Å². The van der Waals surface area contributed by atoms with E-state index in [-0.39, 0.29) is 5.41 Å². The van der Waals surface area contributed by atoms with Crippen molar-refractivity contribution in [1.82, 2.24) is 5.32 Å². The summed E-state index contributed by atoms with van der Waals surface area (Å²) in [4.78, 5) is 4.69. The zero-order chi connectivity index (χ0) is 11.7. The maximum atomic E-state index is 4.69. The lowest BCUT2D eigenvalue weighted by molar-refractivity contribution is 0.584. The topological polar surface area (TPSA) is 24.4 Å². The normalized spacial score (nSPS) is 22.3. The Morgan fingerprint density at radius 2 is 1.82 bits per heavy atom. The lowest BCUT2D eigenvalue weighted by atomic mass is 9.77. The van der Waals surface area contributed by atoms with Crippen molar-refractivity contribution in [3.8, 4) is 0 Å². The van der Waals surface area contributed by atoms with E-state index < -0.39 is 0 Å². The molecule has 0 bridgehead atoms. The maximum Gasteiger partial charge on any atom is 0.107 e. The molecule has 0 amide bonds. The van der Waals surface area contributed by atoms with Crippen molar-refractivity contribution in [3.05, 3.63) is 35.4 Å². The molecule has 3 rings (SSSR count). The van der Waals surface area contributed by atoms with Crippen molar-refractivity contribution in [2.45, 2.75) is 38.0 Å². The molecular weight excluding hydrogens is 208 g/mol. The highest BCUT2D eigenvalue weighted by Crippen LogP contribution is 2.42. The van der Waals surface area contributed by atoms with E-state index in [1.807, 2.05) is 0 Å². The van der Waals surface area contributed by atoms with E-state index in [0.29, 0.717) is 0 Å². The molecule has 2 aliphatic rings. The number of hydrogen-bond acceptors (Lipinski definition) is 2. The lowest BCUT2D eigenvalue weighted by Gasteiger charge is -2.30. The second kappa shape index (κ2) is 4.17. The van der Waals surface area contributed by atoms with E-state index in [1.54, 1.807) is 0 Å². The van der Waals surface area contributed by atoms with Crippen LogP contribution in [0, 0.1) is 6.92 Å². The van der Waals surface area contributed by atoms with Crippen LogP contribution >= 0.6 is 0 Å². The Labute approximate surface area is 103 Å². The summed E-state index contributed by atoms with van der Waals surface area (Å²) < 4.78 is 0. The van der Waals surface area contributed by atoms with Crippen LogP contribution in [0.3, 0.4) is 0 Å². The van der Waals surface area contributed by atoms with Gasteiger partial charge in [-0.05, 0) is 25.3 Å². The van der Waals surface area contributed by atoms with Crippen LogP contribution in [0.25, 0.3) is 0 Å². The Morgan fingerprint density at radius 1 is 1.12 bits per heavy atom. The van der Waals surface area contributed by atoms with Gasteiger partial charge < -0.3 is 5.32 Å². The van der Waals surface area contributed by atoms with E-state index >= 15 is 0 Å². The van der Waals surface area contributed by atoms with Crippen LogP contribution < -0.4 is 5.32 Å². The molecule has 0 atom stereocenters. The molecule has 1 aromatic rings. The fourth-order valence-corrected chi connectivity index (χ4v) is 3.23. The Bertz CT molecular complexity index is 425. The third kappa shape index (κ3) is 1.76. The van der Waals surface area contributed by atoms with Crippen LogP contribution in [-0.4, -0.2) is 18.9 Å². The Hall–Kier alpha value is -1.31. The van der Waals surface area contributed by atoms with Gasteiger partial charge in [0.05, 0.1) is 12.0 Å². The van der Waals surface area contributed by atoms with E-state index in [4.69, 9.17) is 4.99 Å². The van der Waals surface area contributed by atoms with Gasteiger partial charge in [-0.2, -0.15) is 0 Å². The largest absolute Gasteiger partial charge is 0.371 e. The van der Waals surface area contributed by atoms with Crippen LogP contribution in [0.5, 0.6) is 0 Å². The molecule has 1 fully saturated rings. The molecule has 2 heteroatoms. The van der Waals surface area contributed by atoms with Crippen LogP contribution in [0.1, 0.15) is 36.8 Å². The smallest absolute Gasteiger partial charge is 0.107 e. The van der Waals surface area contributed by atoms with Gasteiger partial charge in [-0.1, -0.05) is 42.7 Å². The minimum Gasteiger partial charge on any atom is -0.371 e. The monoisotopic (exact) mass is 228 g/mol. The van der Waals surface area contributed by atoms with Gasteiger partial charge in [-0.25, -0.2) is 0 Å². The quantitative estimate of drug-likeness (QED) is 0.827. The average molecular weight is 228 g/mol. The molecule has 0 radical (unpaired) electrons. The number of aryl methyl sites for hydroxylation is 1. The second-order valence-corrected chi connectivity index (χ2v) is 5.31. The van der Waals surface area contributed by atoms with Crippen molar-refractivity contribution in [3.63, 3.8) is 0 Å². The first kappa shape index (κ1) is 10.8. The van der Waals surface area contributed by atoms with Crippen LogP contribution in [0.2, 0.25) is 0 Å². The molecule has 2 nitrogen and oxygen atoms in total. The zero-order valence-corrected chi connectivity index (χ0v) is 10.5. The molecule has 1 N–H and O–H groups in total. The van der Waals surface area contributed by atoms with Gasteiger partial charge in [0.15, 0.2) is 0 Å². The van der Waals surface area contributed by atoms with Gasteiger partial charge in [-0.15, -0.1) is 0 Å². The lowest BCUT2D eigenvalue weighted by Crippen LogP contribution is -2.40. The number of nitrogens with zero attached hydrogens (tertiary/aromatic N) is 1. The number of amidine groups is 1. The minimum absolute atomic E-state index is 0.199. The molecule has 1 aliphatic heterocycles. The zero-order valence-electron chi connectivity index (χ0n) is 10.5. The fourth-order valence-electron chi connectivity index (χ4n) is 3.23. The molecule has 17 heavy (non-hydrogen) atoms. The maximum absolute atomic E-state index is 4.69. The van der Waals surface area contributed by atoms with E-state index in [9.17, 15) is 0 Å². The molecule has 0 unspecified atom stereocenters. The molecular formula is C15H20N2. The molecule has 1 heterocycles. The Kier molecular flexibility index (Phi) is 2.65. The van der Waals surface area contributed by atoms with Gasteiger partial charge in [0, 0.05) is 6.54 Å². The highest BCUT2D eigenvalue weighted by molar-refractivity contribution is 5.94. The minimum atomic E-state index is 0.199. The Balaban J connectivity index is 2.02. The van der Waals surface area contributed by atoms with Crippen molar-refractivity contribution in [2.24, 2.45) is 4.99 Å². The summed E-state index contributed by atoms with van der Waals surface area (Å²) in [7, 11) is 0. The number of benzene rings is 1. The summed E-state index contributed by atoms with van der Waals surface area (Å²) in [5, 5.41) is 3.50. The molecule has 0 spiro atoms. The SMILES string of the molecule is Cc1ccc(C2(C3=NCCN3)CCCC2)cc1. The third-order valence-corrected chi connectivity index (χ3v) is 4.19. The first-order chi connectivity index (χ1) is 8.31. The Morgan fingerprint density at radius 3 is 2.41 bits per heavy atom. The first-order valence-electron chi connectivity index (χ1n) is 6.67. The number of rotatable bonds is 2. The first-order valence-corrected chi connectivity index (χ1v) is 6.67. The highest BCUT2D eigenvalue weighted by atomic mass is 15.1. The van der Waals surface area contributed by atoms with Crippen molar-refractivity contribution < 1.29 is 0 Å². The second-order valence-electron chi connectivity index (χ2n) is 5.31. The third-order valence-electron chi connectivity index (χ3n) is 4.19. The molecule has 1 aromatic carbocycles. The average Bonchev–Trinajstić information content (AvgIpc) is 3.01. The van der Waals surface area contributed by atoms with Crippen molar-refractivity contribution in [1.29, 1.82) is 0 Å². The summed E-state index contributed by atoms with van der Waals surface area (Å²) in [6, 6.07) is 9.04. The fraction of sp³-hybridized carbons (Fsp3) is 0.533. The van der Waals surface area contributed by atoms with E-state index in [0.717, 1.165) is 13.1 Å². The van der Waals surface area contributed by atoms with Crippen LogP contribution in [-0.2, 0) is 5.41 Å². The highest BCUT2D eigenvalue weighted by Gasteiger charge is 2.41. The van der Waals surface area contributed by atoms with Gasteiger partial charge >= 0.3 is 0 Å². The summed E-state index contributed by atoms with van der Waals surface area (Å²) >= 11 is 0. The van der Waals surface area contributed by atoms with Crippen LogP contribution in [0.4, 0.5) is 0 Å². The van der Waals surface area contributed by atoms with Gasteiger partial charge in [0.25, 0.3) is 0 Å². The number of nitrogens with one attached hydrogen (secondary N) is 1. The standard InChI is InChI=1S/C15H20N2/c1-12-4-6-13(7-5-12)15(8-2-3-9-15)14-16-10-11-17-14/h4-7H,2-3,8-11H2,1H3,(H,16,17). The molecule has 0 aromatic heterocycles.